The largest absolute Gasteiger partial charge is 0.491 e. The fourth-order valence-electron chi connectivity index (χ4n) is 1.68. The maximum atomic E-state index is 13.5. The molecule has 1 amide bonds. The molecule has 16 heavy (non-hydrogen) atoms. The molecule has 0 aliphatic carbocycles. The van der Waals surface area contributed by atoms with Crippen molar-refractivity contribution in [3.8, 4) is 5.75 Å². The van der Waals surface area contributed by atoms with Gasteiger partial charge in [0.15, 0.2) is 0 Å². The molecule has 84 valence electrons. The lowest BCUT2D eigenvalue weighted by atomic mass is 10.2. The Morgan fingerprint density at radius 1 is 1.56 bits per heavy atom. The Kier molecular flexibility index (Phi) is 2.90. The van der Waals surface area contributed by atoms with Crippen molar-refractivity contribution in [2.45, 2.75) is 6.54 Å². The van der Waals surface area contributed by atoms with Gasteiger partial charge in [-0.1, -0.05) is 12.6 Å². The van der Waals surface area contributed by atoms with Crippen molar-refractivity contribution < 1.29 is 13.9 Å². The molecule has 1 heterocycles. The maximum absolute atomic E-state index is 13.5. The first-order valence-electron chi connectivity index (χ1n) is 5.04. The summed E-state index contributed by atoms with van der Waals surface area (Å²) >= 11 is 0. The Hall–Kier alpha value is -1.84. The molecule has 1 aromatic rings. The zero-order valence-corrected chi connectivity index (χ0v) is 8.78. The number of rotatable bonds is 1. The van der Waals surface area contributed by atoms with E-state index in [1.165, 1.54) is 17.0 Å². The number of amides is 1. The molecule has 4 heteroatoms. The highest BCUT2D eigenvalue weighted by molar-refractivity contribution is 5.87. The summed E-state index contributed by atoms with van der Waals surface area (Å²) < 4.78 is 18.9. The number of fused-ring (bicyclic) bond motifs is 1. The first-order valence-corrected chi connectivity index (χ1v) is 5.04. The van der Waals surface area contributed by atoms with E-state index in [1.54, 1.807) is 12.1 Å². The summed E-state index contributed by atoms with van der Waals surface area (Å²) in [5.74, 6) is -0.0414. The third-order valence-electron chi connectivity index (χ3n) is 2.53. The van der Waals surface area contributed by atoms with Gasteiger partial charge in [0.1, 0.15) is 18.2 Å². The number of carbonyl (C=O) groups excluding carboxylic acids is 1. The van der Waals surface area contributed by atoms with E-state index in [0.717, 1.165) is 0 Å². The van der Waals surface area contributed by atoms with Gasteiger partial charge in [0, 0.05) is 5.56 Å². The molecular formula is C12H12FNO2. The van der Waals surface area contributed by atoms with Gasteiger partial charge in [-0.3, -0.25) is 4.79 Å². The van der Waals surface area contributed by atoms with Gasteiger partial charge in [0.05, 0.1) is 13.1 Å². The molecule has 3 nitrogen and oxygen atoms in total. The highest BCUT2D eigenvalue weighted by Crippen LogP contribution is 2.25. The third kappa shape index (κ3) is 1.91. The van der Waals surface area contributed by atoms with E-state index in [2.05, 4.69) is 6.58 Å². The van der Waals surface area contributed by atoms with Crippen LogP contribution in [0.4, 0.5) is 4.39 Å². The summed E-state index contributed by atoms with van der Waals surface area (Å²) in [6, 6.07) is 4.67. The van der Waals surface area contributed by atoms with Crippen LogP contribution in [0.25, 0.3) is 0 Å². The van der Waals surface area contributed by atoms with Gasteiger partial charge < -0.3 is 9.64 Å². The van der Waals surface area contributed by atoms with Gasteiger partial charge in [-0.2, -0.15) is 0 Å². The fraction of sp³-hybridized carbons (Fsp3) is 0.250. The molecule has 1 aromatic carbocycles. The van der Waals surface area contributed by atoms with Crippen molar-refractivity contribution >= 4 is 5.91 Å². The van der Waals surface area contributed by atoms with E-state index < -0.39 is 0 Å². The highest BCUT2D eigenvalue weighted by Gasteiger charge is 2.20. The summed E-state index contributed by atoms with van der Waals surface area (Å²) in [5, 5.41) is 0. The SMILES string of the molecule is C=CC(=O)N1CCOc2cccc(F)c2C1. The Bertz CT molecular complexity index is 431. The van der Waals surface area contributed by atoms with Crippen LogP contribution in [0.1, 0.15) is 5.56 Å². The first-order chi connectivity index (χ1) is 7.72. The third-order valence-corrected chi connectivity index (χ3v) is 2.53. The van der Waals surface area contributed by atoms with Crippen LogP contribution in [-0.2, 0) is 11.3 Å². The molecular weight excluding hydrogens is 209 g/mol. The van der Waals surface area contributed by atoms with Gasteiger partial charge >= 0.3 is 0 Å². The summed E-state index contributed by atoms with van der Waals surface area (Å²) in [6.07, 6.45) is 1.23. The van der Waals surface area contributed by atoms with Crippen LogP contribution >= 0.6 is 0 Å². The average Bonchev–Trinajstić information content (AvgIpc) is 2.51. The van der Waals surface area contributed by atoms with Crippen molar-refractivity contribution in [3.05, 3.63) is 42.2 Å². The Labute approximate surface area is 93.1 Å². The monoisotopic (exact) mass is 221 g/mol. The van der Waals surface area contributed by atoms with E-state index in [0.29, 0.717) is 24.5 Å². The second-order valence-electron chi connectivity index (χ2n) is 3.53. The number of hydrogen-bond donors (Lipinski definition) is 0. The van der Waals surface area contributed by atoms with E-state index in [9.17, 15) is 9.18 Å². The molecule has 1 aliphatic heterocycles. The van der Waals surface area contributed by atoms with Crippen LogP contribution in [-0.4, -0.2) is 24.0 Å². The first kappa shape index (κ1) is 10.7. The van der Waals surface area contributed by atoms with E-state index in [4.69, 9.17) is 4.74 Å². The molecule has 0 N–H and O–H groups in total. The van der Waals surface area contributed by atoms with Gasteiger partial charge in [-0.15, -0.1) is 0 Å². The predicted octanol–water partition coefficient (Wildman–Crippen LogP) is 1.73. The molecule has 0 spiro atoms. The van der Waals surface area contributed by atoms with E-state index >= 15 is 0 Å². The van der Waals surface area contributed by atoms with Crippen LogP contribution in [0.3, 0.4) is 0 Å². The van der Waals surface area contributed by atoms with Crippen LogP contribution in [0, 0.1) is 5.82 Å². The molecule has 0 radical (unpaired) electrons. The van der Waals surface area contributed by atoms with Gasteiger partial charge in [0.25, 0.3) is 0 Å². The van der Waals surface area contributed by atoms with Crippen molar-refractivity contribution in [1.29, 1.82) is 0 Å². The van der Waals surface area contributed by atoms with Crippen molar-refractivity contribution in [3.63, 3.8) is 0 Å². The van der Waals surface area contributed by atoms with Crippen molar-refractivity contribution in [2.24, 2.45) is 0 Å². The molecule has 0 saturated heterocycles. The molecule has 0 atom stereocenters. The minimum absolute atomic E-state index is 0.209. The number of nitrogens with zero attached hydrogens (tertiary/aromatic N) is 1. The second kappa shape index (κ2) is 4.35. The van der Waals surface area contributed by atoms with Crippen LogP contribution in [0.2, 0.25) is 0 Å². The number of halogens is 1. The molecule has 0 unspecified atom stereocenters. The molecule has 0 saturated carbocycles. The van der Waals surface area contributed by atoms with Gasteiger partial charge in [-0.05, 0) is 18.2 Å². The van der Waals surface area contributed by atoms with Crippen molar-refractivity contribution in [1.82, 2.24) is 4.90 Å². The van der Waals surface area contributed by atoms with Gasteiger partial charge in [-0.25, -0.2) is 4.39 Å². The smallest absolute Gasteiger partial charge is 0.246 e. The Balaban J connectivity index is 2.33. The number of benzene rings is 1. The molecule has 2 rings (SSSR count). The highest BCUT2D eigenvalue weighted by atomic mass is 19.1. The Morgan fingerprint density at radius 2 is 2.38 bits per heavy atom. The standard InChI is InChI=1S/C12H12FNO2/c1-2-12(15)14-6-7-16-11-5-3-4-10(13)9(11)8-14/h2-5H,1,6-8H2. The van der Waals surface area contributed by atoms with Gasteiger partial charge in [0.2, 0.25) is 5.91 Å². The fourth-order valence-corrected chi connectivity index (χ4v) is 1.68. The molecule has 0 aromatic heterocycles. The van der Waals surface area contributed by atoms with E-state index in [1.807, 2.05) is 0 Å². The molecule has 0 bridgehead atoms. The number of ether oxygens (including phenoxy) is 1. The summed E-state index contributed by atoms with van der Waals surface area (Å²) in [6.45, 7) is 4.46. The molecule has 0 fully saturated rings. The lowest BCUT2D eigenvalue weighted by molar-refractivity contribution is -0.126. The number of carbonyl (C=O) groups is 1. The Morgan fingerprint density at radius 3 is 3.12 bits per heavy atom. The quantitative estimate of drug-likeness (QED) is 0.676. The lowest BCUT2D eigenvalue weighted by Gasteiger charge is -2.17. The summed E-state index contributed by atoms with van der Waals surface area (Å²) in [7, 11) is 0. The van der Waals surface area contributed by atoms with Crippen LogP contribution in [0.5, 0.6) is 5.75 Å². The zero-order valence-electron chi connectivity index (χ0n) is 8.78. The normalized spacial score (nSPS) is 14.7. The minimum atomic E-state index is -0.346. The zero-order chi connectivity index (χ0) is 11.5. The number of hydrogen-bond acceptors (Lipinski definition) is 2. The predicted molar refractivity (Wildman–Crippen MR) is 57.5 cm³/mol. The minimum Gasteiger partial charge on any atom is -0.491 e. The van der Waals surface area contributed by atoms with Crippen LogP contribution < -0.4 is 4.74 Å². The maximum Gasteiger partial charge on any atom is 0.246 e. The van der Waals surface area contributed by atoms with E-state index in [-0.39, 0.29) is 18.3 Å². The van der Waals surface area contributed by atoms with Crippen LogP contribution in [0.15, 0.2) is 30.9 Å². The summed E-state index contributed by atoms with van der Waals surface area (Å²) in [4.78, 5) is 13.0. The topological polar surface area (TPSA) is 29.5 Å². The van der Waals surface area contributed by atoms with Crippen molar-refractivity contribution in [2.75, 3.05) is 13.2 Å². The summed E-state index contributed by atoms with van der Waals surface area (Å²) in [5.41, 5.74) is 0.426. The molecule has 1 aliphatic rings. The second-order valence-corrected chi connectivity index (χ2v) is 3.53. The lowest BCUT2D eigenvalue weighted by Crippen LogP contribution is -2.31. The average molecular weight is 221 g/mol.